The van der Waals surface area contributed by atoms with Crippen LogP contribution in [0, 0.1) is 5.41 Å². The second kappa shape index (κ2) is 5.69. The second-order valence-corrected chi connectivity index (χ2v) is 7.90. The summed E-state index contributed by atoms with van der Waals surface area (Å²) in [5, 5.41) is 2.85. The molecule has 112 valence electrons. The number of hydrogen-bond acceptors (Lipinski definition) is 4. The Bertz CT molecular complexity index is 560. The van der Waals surface area contributed by atoms with Gasteiger partial charge in [0.25, 0.3) is 0 Å². The quantitative estimate of drug-likeness (QED) is 0.895. The lowest BCUT2D eigenvalue weighted by atomic mass is 9.76. The zero-order valence-electron chi connectivity index (χ0n) is 12.3. The van der Waals surface area contributed by atoms with Crippen molar-refractivity contribution >= 4 is 15.8 Å². The Hall–Kier alpha value is -1.14. The summed E-state index contributed by atoms with van der Waals surface area (Å²) < 4.78 is 27.5. The van der Waals surface area contributed by atoms with Crippen molar-refractivity contribution in [2.75, 3.05) is 12.4 Å². The van der Waals surface area contributed by atoms with Gasteiger partial charge in [0, 0.05) is 25.4 Å². The molecule has 2 rings (SSSR count). The van der Waals surface area contributed by atoms with Gasteiger partial charge < -0.3 is 5.32 Å². The molecule has 20 heavy (non-hydrogen) atoms. The zero-order valence-corrected chi connectivity index (χ0v) is 13.1. The summed E-state index contributed by atoms with van der Waals surface area (Å²) in [4.78, 5) is 4.30. The number of sulfonamides is 1. The van der Waals surface area contributed by atoms with E-state index in [4.69, 9.17) is 0 Å². The Morgan fingerprint density at radius 3 is 2.55 bits per heavy atom. The van der Waals surface area contributed by atoms with Crippen LogP contribution in [0.25, 0.3) is 0 Å². The molecule has 0 aliphatic heterocycles. The van der Waals surface area contributed by atoms with Crippen molar-refractivity contribution in [1.82, 2.24) is 9.71 Å². The van der Waals surface area contributed by atoms with Gasteiger partial charge in [-0.25, -0.2) is 18.1 Å². The number of hydrogen-bond donors (Lipinski definition) is 2. The monoisotopic (exact) mass is 297 g/mol. The highest BCUT2D eigenvalue weighted by molar-refractivity contribution is 7.89. The van der Waals surface area contributed by atoms with E-state index in [1.165, 1.54) is 12.3 Å². The third-order valence-electron chi connectivity index (χ3n) is 3.96. The summed E-state index contributed by atoms with van der Waals surface area (Å²) >= 11 is 0. The molecule has 0 saturated heterocycles. The smallest absolute Gasteiger partial charge is 0.241 e. The van der Waals surface area contributed by atoms with E-state index in [9.17, 15) is 8.42 Å². The number of rotatable bonds is 4. The molecule has 0 radical (unpaired) electrons. The molecule has 1 heterocycles. The summed E-state index contributed by atoms with van der Waals surface area (Å²) in [6.07, 6.45) is 5.41. The van der Waals surface area contributed by atoms with Crippen LogP contribution in [0.15, 0.2) is 23.2 Å². The third-order valence-corrected chi connectivity index (χ3v) is 5.48. The zero-order chi connectivity index (χ0) is 14.8. The maximum absolute atomic E-state index is 12.4. The van der Waals surface area contributed by atoms with E-state index in [0.29, 0.717) is 11.2 Å². The van der Waals surface area contributed by atoms with Crippen LogP contribution in [-0.2, 0) is 10.0 Å². The predicted octanol–water partition coefficient (Wildman–Crippen LogP) is 2.37. The minimum atomic E-state index is -3.46. The van der Waals surface area contributed by atoms with Gasteiger partial charge in [0.1, 0.15) is 5.82 Å². The summed E-state index contributed by atoms with van der Waals surface area (Å²) in [5.74, 6) is 0.553. The molecule has 0 aromatic carbocycles. The van der Waals surface area contributed by atoms with Gasteiger partial charge in [-0.1, -0.05) is 13.8 Å². The van der Waals surface area contributed by atoms with Crippen LogP contribution >= 0.6 is 0 Å². The highest BCUT2D eigenvalue weighted by atomic mass is 32.2. The van der Waals surface area contributed by atoms with Gasteiger partial charge >= 0.3 is 0 Å². The van der Waals surface area contributed by atoms with Crippen molar-refractivity contribution in [2.45, 2.75) is 50.5 Å². The van der Waals surface area contributed by atoms with Gasteiger partial charge in [0.05, 0.1) is 4.90 Å². The highest BCUT2D eigenvalue weighted by Crippen LogP contribution is 2.35. The van der Waals surface area contributed by atoms with E-state index >= 15 is 0 Å². The summed E-state index contributed by atoms with van der Waals surface area (Å²) in [5.41, 5.74) is 0.331. The summed E-state index contributed by atoms with van der Waals surface area (Å²) in [7, 11) is -1.74. The third kappa shape index (κ3) is 3.70. The minimum absolute atomic E-state index is 0.0410. The van der Waals surface area contributed by atoms with Crippen molar-refractivity contribution < 1.29 is 8.42 Å². The van der Waals surface area contributed by atoms with E-state index in [1.54, 1.807) is 13.1 Å². The lowest BCUT2D eigenvalue weighted by Crippen LogP contribution is -2.39. The van der Waals surface area contributed by atoms with Gasteiger partial charge in [-0.05, 0) is 37.2 Å². The minimum Gasteiger partial charge on any atom is -0.373 e. The number of anilines is 1. The first-order valence-electron chi connectivity index (χ1n) is 6.99. The first kappa shape index (κ1) is 15.3. The molecule has 1 aliphatic carbocycles. The molecular formula is C14H23N3O2S. The van der Waals surface area contributed by atoms with Gasteiger partial charge in [-0.15, -0.1) is 0 Å². The lowest BCUT2D eigenvalue weighted by Gasteiger charge is -2.34. The predicted molar refractivity (Wildman–Crippen MR) is 80.1 cm³/mol. The molecule has 1 aromatic rings. The largest absolute Gasteiger partial charge is 0.373 e. The molecule has 1 fully saturated rings. The molecule has 1 saturated carbocycles. The van der Waals surface area contributed by atoms with Crippen LogP contribution in [0.2, 0.25) is 0 Å². The second-order valence-electron chi connectivity index (χ2n) is 6.19. The molecule has 2 N–H and O–H groups in total. The molecule has 0 amide bonds. The fourth-order valence-electron chi connectivity index (χ4n) is 2.52. The molecule has 5 nitrogen and oxygen atoms in total. The van der Waals surface area contributed by atoms with Crippen LogP contribution in [-0.4, -0.2) is 26.5 Å². The Morgan fingerprint density at radius 1 is 1.30 bits per heavy atom. The van der Waals surface area contributed by atoms with Crippen molar-refractivity contribution in [2.24, 2.45) is 5.41 Å². The highest BCUT2D eigenvalue weighted by Gasteiger charge is 2.29. The lowest BCUT2D eigenvalue weighted by molar-refractivity contribution is 0.218. The summed E-state index contributed by atoms with van der Waals surface area (Å²) in [6, 6.07) is 3.12. The maximum Gasteiger partial charge on any atom is 0.241 e. The first-order valence-corrected chi connectivity index (χ1v) is 8.47. The first-order chi connectivity index (χ1) is 9.32. The molecule has 6 heteroatoms. The molecule has 0 unspecified atom stereocenters. The van der Waals surface area contributed by atoms with Crippen molar-refractivity contribution in [1.29, 1.82) is 0 Å². The van der Waals surface area contributed by atoms with Gasteiger partial charge in [-0.3, -0.25) is 0 Å². The Kier molecular flexibility index (Phi) is 4.34. The standard InChI is InChI=1S/C14H23N3O2S/c1-14(2)7-4-11(5-8-14)17-20(18,19)12-6-9-16-13(10-12)15-3/h6,9-11,17H,4-5,7-8H2,1-3H3,(H,15,16). The number of nitrogens with zero attached hydrogens (tertiary/aromatic N) is 1. The van der Waals surface area contributed by atoms with Crippen LogP contribution in [0.1, 0.15) is 39.5 Å². The van der Waals surface area contributed by atoms with Crippen LogP contribution < -0.4 is 10.0 Å². The normalized spacial score (nSPS) is 19.8. The molecule has 0 spiro atoms. The van der Waals surface area contributed by atoms with E-state index in [1.807, 2.05) is 0 Å². The van der Waals surface area contributed by atoms with Gasteiger partial charge in [0.15, 0.2) is 0 Å². The Morgan fingerprint density at radius 2 is 1.95 bits per heavy atom. The van der Waals surface area contributed by atoms with Gasteiger partial charge in [0.2, 0.25) is 10.0 Å². The van der Waals surface area contributed by atoms with Gasteiger partial charge in [-0.2, -0.15) is 0 Å². The number of aromatic nitrogens is 1. The average molecular weight is 297 g/mol. The van der Waals surface area contributed by atoms with E-state index in [-0.39, 0.29) is 10.9 Å². The Labute approximate surface area is 121 Å². The topological polar surface area (TPSA) is 71.1 Å². The molecule has 1 aliphatic rings. The molecule has 0 bridgehead atoms. The average Bonchev–Trinajstić information content (AvgIpc) is 2.41. The van der Waals surface area contributed by atoms with Crippen molar-refractivity contribution in [3.8, 4) is 0 Å². The molecular weight excluding hydrogens is 274 g/mol. The SMILES string of the molecule is CNc1cc(S(=O)(=O)NC2CCC(C)(C)CC2)ccn1. The number of nitrogens with one attached hydrogen (secondary N) is 2. The molecule has 1 aromatic heterocycles. The molecule has 0 atom stereocenters. The van der Waals surface area contributed by atoms with E-state index in [0.717, 1.165) is 25.7 Å². The van der Waals surface area contributed by atoms with Crippen molar-refractivity contribution in [3.05, 3.63) is 18.3 Å². The van der Waals surface area contributed by atoms with E-state index < -0.39 is 10.0 Å². The Balaban J connectivity index is 2.08. The summed E-state index contributed by atoms with van der Waals surface area (Å²) in [6.45, 7) is 4.47. The van der Waals surface area contributed by atoms with Crippen LogP contribution in [0.4, 0.5) is 5.82 Å². The fourth-order valence-corrected chi connectivity index (χ4v) is 3.84. The van der Waals surface area contributed by atoms with Crippen LogP contribution in [0.5, 0.6) is 0 Å². The van der Waals surface area contributed by atoms with Crippen molar-refractivity contribution in [3.63, 3.8) is 0 Å². The maximum atomic E-state index is 12.4. The fraction of sp³-hybridized carbons (Fsp3) is 0.643. The van der Waals surface area contributed by atoms with Crippen LogP contribution in [0.3, 0.4) is 0 Å². The van der Waals surface area contributed by atoms with E-state index in [2.05, 4.69) is 28.9 Å². The number of pyridine rings is 1.